The first-order valence-electron chi connectivity index (χ1n) is 9.46. The highest BCUT2D eigenvalue weighted by molar-refractivity contribution is 9.15. The normalized spacial score (nSPS) is 15.7. The number of amides is 1. The van der Waals surface area contributed by atoms with Crippen LogP contribution in [0.5, 0.6) is 5.75 Å². The molecule has 3 aromatic rings. The molecule has 0 radical (unpaired) electrons. The van der Waals surface area contributed by atoms with Gasteiger partial charge in [-0.3, -0.25) is 4.90 Å². The summed E-state index contributed by atoms with van der Waals surface area (Å²) in [6.07, 6.45) is 6.27. The van der Waals surface area contributed by atoms with Gasteiger partial charge in [0, 0.05) is 10.7 Å². The number of benzene rings is 3. The van der Waals surface area contributed by atoms with Gasteiger partial charge in [0.1, 0.15) is 5.75 Å². The van der Waals surface area contributed by atoms with Crippen LogP contribution in [0.25, 0.3) is 10.6 Å². The maximum Gasteiger partial charge on any atom is 0.419 e. The average molecular weight is 446 g/mol. The molecule has 1 amide bonds. The summed E-state index contributed by atoms with van der Waals surface area (Å²) in [5, 5.41) is 0. The lowest BCUT2D eigenvalue weighted by atomic mass is 9.94. The van der Waals surface area contributed by atoms with Crippen molar-refractivity contribution in [1.29, 1.82) is 0 Å². The summed E-state index contributed by atoms with van der Waals surface area (Å²) in [7, 11) is 0. The van der Waals surface area contributed by atoms with Gasteiger partial charge in [-0.2, -0.15) is 0 Å². The molecule has 0 saturated carbocycles. The van der Waals surface area contributed by atoms with E-state index in [9.17, 15) is 4.79 Å². The van der Waals surface area contributed by atoms with Gasteiger partial charge < -0.3 is 4.74 Å². The molecule has 1 heterocycles. The molecule has 0 fully saturated rings. The van der Waals surface area contributed by atoms with Gasteiger partial charge in [0.25, 0.3) is 0 Å². The molecule has 1 aliphatic heterocycles. The van der Waals surface area contributed by atoms with Crippen LogP contribution in [-0.2, 0) is 0 Å². The predicted octanol–water partition coefficient (Wildman–Crippen LogP) is 7.04. The number of halogens is 1. The van der Waals surface area contributed by atoms with Crippen LogP contribution in [0.15, 0.2) is 97.2 Å². The lowest BCUT2D eigenvalue weighted by Gasteiger charge is -2.33. The lowest BCUT2D eigenvalue weighted by Crippen LogP contribution is -2.35. The van der Waals surface area contributed by atoms with Gasteiger partial charge in [-0.25, -0.2) is 4.79 Å². The number of rotatable bonds is 4. The van der Waals surface area contributed by atoms with Gasteiger partial charge in [-0.15, -0.1) is 0 Å². The van der Waals surface area contributed by atoms with Crippen LogP contribution in [0, 0.1) is 0 Å². The van der Waals surface area contributed by atoms with Crippen LogP contribution in [0.1, 0.15) is 29.2 Å². The van der Waals surface area contributed by atoms with E-state index in [0.29, 0.717) is 12.2 Å². The van der Waals surface area contributed by atoms with Crippen molar-refractivity contribution in [3.05, 3.63) is 114 Å². The van der Waals surface area contributed by atoms with Crippen molar-refractivity contribution < 1.29 is 9.53 Å². The highest BCUT2D eigenvalue weighted by Gasteiger charge is 2.30. The minimum Gasteiger partial charge on any atom is -0.410 e. The number of ether oxygens (including phenoxy) is 1. The largest absolute Gasteiger partial charge is 0.419 e. The molecular formula is C25H20BrNO2. The van der Waals surface area contributed by atoms with E-state index in [0.717, 1.165) is 21.2 Å². The average Bonchev–Trinajstić information content (AvgIpc) is 2.76. The minimum atomic E-state index is -0.402. The molecule has 0 bridgehead atoms. The third-order valence-corrected chi connectivity index (χ3v) is 5.43. The van der Waals surface area contributed by atoms with Crippen LogP contribution < -0.4 is 4.74 Å². The highest BCUT2D eigenvalue weighted by Crippen LogP contribution is 2.39. The molecule has 0 spiro atoms. The zero-order chi connectivity index (χ0) is 20.1. The van der Waals surface area contributed by atoms with E-state index in [2.05, 4.69) is 52.3 Å². The summed E-state index contributed by atoms with van der Waals surface area (Å²) in [5.74, 6) is 0.527. The number of nitrogens with zero attached hydrogens (tertiary/aromatic N) is 1. The fourth-order valence-electron chi connectivity index (χ4n) is 3.40. The quantitative estimate of drug-likeness (QED) is 0.430. The van der Waals surface area contributed by atoms with Gasteiger partial charge in [0.2, 0.25) is 0 Å². The van der Waals surface area contributed by atoms with Crippen molar-refractivity contribution in [2.45, 2.75) is 12.5 Å². The smallest absolute Gasteiger partial charge is 0.410 e. The van der Waals surface area contributed by atoms with Crippen molar-refractivity contribution in [3.63, 3.8) is 0 Å². The molecule has 0 aromatic heterocycles. The fourth-order valence-corrected chi connectivity index (χ4v) is 3.98. The molecule has 3 nitrogen and oxygen atoms in total. The number of fused-ring (bicyclic) bond motifs is 1. The first kappa shape index (κ1) is 19.2. The zero-order valence-electron chi connectivity index (χ0n) is 15.7. The Bertz CT molecular complexity index is 1040. The van der Waals surface area contributed by atoms with Gasteiger partial charge >= 0.3 is 6.09 Å². The fraction of sp³-hybridized carbons (Fsp3) is 0.0800. The van der Waals surface area contributed by atoms with Crippen molar-refractivity contribution in [3.8, 4) is 5.75 Å². The van der Waals surface area contributed by atoms with Gasteiger partial charge in [-0.05, 0) is 51.2 Å². The number of carbonyl (C=O) groups is 1. The van der Waals surface area contributed by atoms with Gasteiger partial charge in [0.05, 0.1) is 6.04 Å². The molecule has 0 unspecified atom stereocenters. The maximum absolute atomic E-state index is 13.0. The van der Waals surface area contributed by atoms with Crippen LogP contribution in [0.3, 0.4) is 0 Å². The van der Waals surface area contributed by atoms with Crippen molar-refractivity contribution >= 4 is 32.6 Å². The zero-order valence-corrected chi connectivity index (χ0v) is 17.3. The van der Waals surface area contributed by atoms with Gasteiger partial charge in [0.15, 0.2) is 0 Å². The molecule has 4 heteroatoms. The first-order chi connectivity index (χ1) is 14.2. The summed E-state index contributed by atoms with van der Waals surface area (Å²) in [6, 6.07) is 27.3. The molecule has 1 atom stereocenters. The number of hydrogen-bond donors (Lipinski definition) is 0. The van der Waals surface area contributed by atoms with Crippen LogP contribution in [0.2, 0.25) is 0 Å². The molecule has 29 heavy (non-hydrogen) atoms. The Hall–Kier alpha value is -3.11. The Morgan fingerprint density at radius 2 is 1.59 bits per heavy atom. The molecule has 0 aliphatic carbocycles. The molecular weight excluding hydrogens is 426 g/mol. The highest BCUT2D eigenvalue weighted by atomic mass is 79.9. The summed E-state index contributed by atoms with van der Waals surface area (Å²) >= 11 is 3.61. The third-order valence-electron chi connectivity index (χ3n) is 4.79. The van der Waals surface area contributed by atoms with E-state index in [4.69, 9.17) is 4.74 Å². The van der Waals surface area contributed by atoms with E-state index < -0.39 is 6.09 Å². The monoisotopic (exact) mass is 445 g/mol. The first-order valence-corrected chi connectivity index (χ1v) is 10.2. The summed E-state index contributed by atoms with van der Waals surface area (Å²) in [4.78, 5) is 14.6. The van der Waals surface area contributed by atoms with E-state index >= 15 is 0 Å². The van der Waals surface area contributed by atoms with E-state index in [1.165, 1.54) is 0 Å². The second-order valence-electron chi connectivity index (χ2n) is 6.72. The van der Waals surface area contributed by atoms with E-state index in [1.807, 2.05) is 54.7 Å². The molecule has 0 saturated heterocycles. The summed E-state index contributed by atoms with van der Waals surface area (Å²) < 4.78 is 6.47. The number of hydrogen-bond acceptors (Lipinski definition) is 2. The van der Waals surface area contributed by atoms with E-state index in [1.54, 1.807) is 17.0 Å². The minimum absolute atomic E-state index is 0.149. The maximum atomic E-state index is 13.0. The Labute approximate surface area is 179 Å². The Kier molecular flexibility index (Phi) is 5.92. The SMILES string of the molecule is O=C(Oc1ccccc1)N1C=C(Br)c2ccccc2[C@@H]1C/C=C/c1ccccc1. The van der Waals surface area contributed by atoms with Crippen LogP contribution in [0.4, 0.5) is 4.79 Å². The molecule has 144 valence electrons. The summed E-state index contributed by atoms with van der Waals surface area (Å²) in [6.45, 7) is 0. The topological polar surface area (TPSA) is 29.5 Å². The van der Waals surface area contributed by atoms with Crippen LogP contribution >= 0.6 is 15.9 Å². The Balaban J connectivity index is 1.62. The Morgan fingerprint density at radius 3 is 2.34 bits per heavy atom. The standard InChI is InChI=1S/C25H20BrNO2/c26-23-18-27(25(28)29-20-13-5-2-6-14-20)24(22-16-8-7-15-21(22)23)17-9-12-19-10-3-1-4-11-19/h1-16,18,24H,17H2/b12-9+/t24-/m0/s1. The number of carbonyl (C=O) groups excluding carboxylic acids is 1. The summed E-state index contributed by atoms with van der Waals surface area (Å²) in [5.41, 5.74) is 3.31. The van der Waals surface area contributed by atoms with Crippen LogP contribution in [-0.4, -0.2) is 11.0 Å². The Morgan fingerprint density at radius 1 is 0.931 bits per heavy atom. The molecule has 3 aromatic carbocycles. The van der Waals surface area contributed by atoms with Crippen molar-refractivity contribution in [2.75, 3.05) is 0 Å². The van der Waals surface area contributed by atoms with E-state index in [-0.39, 0.29) is 6.04 Å². The second-order valence-corrected chi connectivity index (χ2v) is 7.57. The molecule has 0 N–H and O–H groups in total. The molecule has 1 aliphatic rings. The second kappa shape index (κ2) is 8.93. The third kappa shape index (κ3) is 4.49. The molecule has 4 rings (SSSR count). The van der Waals surface area contributed by atoms with Gasteiger partial charge in [-0.1, -0.05) is 84.9 Å². The lowest BCUT2D eigenvalue weighted by molar-refractivity contribution is 0.154. The predicted molar refractivity (Wildman–Crippen MR) is 120 cm³/mol. The van der Waals surface area contributed by atoms with Crippen molar-refractivity contribution in [1.82, 2.24) is 4.90 Å². The number of para-hydroxylation sites is 1. The van der Waals surface area contributed by atoms with Crippen molar-refractivity contribution in [2.24, 2.45) is 0 Å².